The average Bonchev–Trinajstić information content (AvgIpc) is 2.68. The lowest BCUT2D eigenvalue weighted by molar-refractivity contribution is 0.376. The summed E-state index contributed by atoms with van der Waals surface area (Å²) in [6, 6.07) is 19.8. The lowest BCUT2D eigenvalue weighted by atomic mass is 9.85. The lowest BCUT2D eigenvalue weighted by Gasteiger charge is -2.44. The van der Waals surface area contributed by atoms with Crippen molar-refractivity contribution in [2.45, 2.75) is 37.9 Å². The molecule has 0 saturated carbocycles. The number of allylic oxidation sites excluding steroid dienone is 2. The summed E-state index contributed by atoms with van der Waals surface area (Å²) in [6.45, 7) is 3.14. The van der Waals surface area contributed by atoms with Crippen molar-refractivity contribution in [3.8, 4) is 0 Å². The van der Waals surface area contributed by atoms with Crippen molar-refractivity contribution in [1.29, 1.82) is 0 Å². The highest BCUT2D eigenvalue weighted by Gasteiger charge is 2.38. The molecule has 0 radical (unpaired) electrons. The summed E-state index contributed by atoms with van der Waals surface area (Å²) >= 11 is 7.75. The molecule has 134 valence electrons. The zero-order valence-corrected chi connectivity index (χ0v) is 16.9. The van der Waals surface area contributed by atoms with Gasteiger partial charge in [-0.05, 0) is 43.7 Å². The Labute approximate surface area is 166 Å². The van der Waals surface area contributed by atoms with E-state index in [0.29, 0.717) is 11.2 Å². The van der Waals surface area contributed by atoms with E-state index >= 15 is 0 Å². The first kappa shape index (κ1) is 17.8. The smallest absolute Gasteiger partial charge is 0.141 e. The van der Waals surface area contributed by atoms with Crippen LogP contribution in [0.1, 0.15) is 41.2 Å². The minimum atomic E-state index is 0.461. The molecule has 0 spiro atoms. The zero-order chi connectivity index (χ0) is 17.9. The first-order valence-corrected chi connectivity index (χ1v) is 10.8. The molecule has 2 aliphatic rings. The molecule has 1 aliphatic heterocycles. The zero-order valence-electron chi connectivity index (χ0n) is 15.2. The Hall–Kier alpha value is -1.58. The van der Waals surface area contributed by atoms with Crippen molar-refractivity contribution in [2.75, 3.05) is 6.54 Å². The van der Waals surface area contributed by atoms with Crippen molar-refractivity contribution in [2.24, 2.45) is 5.92 Å². The van der Waals surface area contributed by atoms with E-state index in [1.165, 1.54) is 41.6 Å². The van der Waals surface area contributed by atoms with Gasteiger partial charge in [0, 0.05) is 23.4 Å². The van der Waals surface area contributed by atoms with Gasteiger partial charge < -0.3 is 4.90 Å². The Morgan fingerprint density at radius 3 is 2.62 bits per heavy atom. The second-order valence-electron chi connectivity index (χ2n) is 7.27. The topological polar surface area (TPSA) is 3.24 Å². The molecule has 0 amide bonds. The number of thioether (sulfide) groups is 1. The van der Waals surface area contributed by atoms with Gasteiger partial charge in [-0.1, -0.05) is 90.2 Å². The maximum Gasteiger partial charge on any atom is 0.141 e. The third-order valence-corrected chi connectivity index (χ3v) is 7.24. The number of benzene rings is 2. The van der Waals surface area contributed by atoms with E-state index in [-0.39, 0.29) is 0 Å². The summed E-state index contributed by atoms with van der Waals surface area (Å²) in [4.78, 5) is 2.42. The van der Waals surface area contributed by atoms with Crippen molar-refractivity contribution in [3.05, 3.63) is 83.1 Å². The number of fused-ring (bicyclic) bond motifs is 1. The maximum atomic E-state index is 5.86. The Morgan fingerprint density at radius 1 is 1.08 bits per heavy atom. The SMILES string of the molecule is Cc1ccc([C@H]2SC(=S)N(CCc3ccccc3)C3=CCCC[C@@H]32)cc1. The van der Waals surface area contributed by atoms with Gasteiger partial charge in [-0.3, -0.25) is 0 Å². The third kappa shape index (κ3) is 3.74. The molecule has 2 atom stereocenters. The monoisotopic (exact) mass is 379 g/mol. The number of nitrogens with zero attached hydrogens (tertiary/aromatic N) is 1. The van der Waals surface area contributed by atoms with Crippen LogP contribution in [0.25, 0.3) is 0 Å². The van der Waals surface area contributed by atoms with Crippen molar-refractivity contribution < 1.29 is 0 Å². The molecule has 0 N–H and O–H groups in total. The van der Waals surface area contributed by atoms with Crippen LogP contribution in [-0.4, -0.2) is 15.8 Å². The summed E-state index contributed by atoms with van der Waals surface area (Å²) in [5, 5.41) is 0.461. The lowest BCUT2D eigenvalue weighted by Crippen LogP contribution is -2.39. The predicted octanol–water partition coefficient (Wildman–Crippen LogP) is 6.30. The standard InChI is InChI=1S/C23H25NS2/c1-17-11-13-19(14-12-17)22-20-9-5-6-10-21(20)24(23(25)26-22)16-15-18-7-3-2-4-8-18/h2-4,7-8,10-14,20,22H,5-6,9,15-16H2,1H3/t20-,22+/m0/s1. The van der Waals surface area contributed by atoms with Crippen molar-refractivity contribution >= 4 is 28.3 Å². The minimum absolute atomic E-state index is 0.461. The van der Waals surface area contributed by atoms with Gasteiger partial charge >= 0.3 is 0 Å². The van der Waals surface area contributed by atoms with Crippen molar-refractivity contribution in [3.63, 3.8) is 0 Å². The highest BCUT2D eigenvalue weighted by atomic mass is 32.2. The minimum Gasteiger partial charge on any atom is -0.331 e. The molecule has 26 heavy (non-hydrogen) atoms. The molecular weight excluding hydrogens is 354 g/mol. The molecular formula is C23H25NS2. The first-order chi connectivity index (χ1) is 12.7. The van der Waals surface area contributed by atoms with E-state index in [2.05, 4.69) is 72.5 Å². The fraction of sp³-hybridized carbons (Fsp3) is 0.348. The highest BCUT2D eigenvalue weighted by molar-refractivity contribution is 8.23. The molecule has 1 aliphatic carbocycles. The third-order valence-electron chi connectivity index (χ3n) is 5.45. The summed E-state index contributed by atoms with van der Waals surface area (Å²) in [5.41, 5.74) is 5.60. The van der Waals surface area contributed by atoms with Gasteiger partial charge in [-0.25, -0.2) is 0 Å². The summed E-state index contributed by atoms with van der Waals surface area (Å²) in [6.07, 6.45) is 7.23. The molecule has 1 saturated heterocycles. The van der Waals surface area contributed by atoms with Gasteiger partial charge in [-0.15, -0.1) is 0 Å². The van der Waals surface area contributed by atoms with E-state index in [1.54, 1.807) is 0 Å². The number of thiocarbonyl (C=S) groups is 1. The Balaban J connectivity index is 1.56. The Kier molecular flexibility index (Phi) is 5.46. The summed E-state index contributed by atoms with van der Waals surface area (Å²) in [5.74, 6) is 0.582. The molecule has 0 aromatic heterocycles. The van der Waals surface area contributed by atoms with Crippen LogP contribution in [0.4, 0.5) is 0 Å². The van der Waals surface area contributed by atoms with E-state index in [1.807, 2.05) is 11.8 Å². The average molecular weight is 380 g/mol. The number of aryl methyl sites for hydroxylation is 1. The second kappa shape index (κ2) is 7.98. The fourth-order valence-electron chi connectivity index (χ4n) is 4.03. The van der Waals surface area contributed by atoms with E-state index < -0.39 is 0 Å². The molecule has 0 bridgehead atoms. The van der Waals surface area contributed by atoms with Crippen LogP contribution in [0.15, 0.2) is 66.4 Å². The molecule has 1 heterocycles. The normalized spacial score (nSPS) is 22.7. The van der Waals surface area contributed by atoms with Gasteiger partial charge in [0.15, 0.2) is 0 Å². The van der Waals surface area contributed by atoms with Crippen LogP contribution in [0.3, 0.4) is 0 Å². The van der Waals surface area contributed by atoms with Gasteiger partial charge in [0.2, 0.25) is 0 Å². The molecule has 0 unspecified atom stereocenters. The molecule has 2 aromatic carbocycles. The number of hydrogen-bond donors (Lipinski definition) is 0. The fourth-order valence-corrected chi connectivity index (χ4v) is 5.81. The van der Waals surface area contributed by atoms with Gasteiger partial charge in [-0.2, -0.15) is 0 Å². The van der Waals surface area contributed by atoms with Crippen LogP contribution in [0, 0.1) is 12.8 Å². The van der Waals surface area contributed by atoms with E-state index in [0.717, 1.165) is 17.3 Å². The number of hydrogen-bond acceptors (Lipinski definition) is 2. The van der Waals surface area contributed by atoms with Crippen LogP contribution in [-0.2, 0) is 6.42 Å². The molecule has 4 rings (SSSR count). The summed E-state index contributed by atoms with van der Waals surface area (Å²) in [7, 11) is 0. The first-order valence-electron chi connectivity index (χ1n) is 9.51. The molecule has 1 fully saturated rings. The van der Waals surface area contributed by atoms with Gasteiger partial charge in [0.05, 0.1) is 0 Å². The Morgan fingerprint density at radius 2 is 1.85 bits per heavy atom. The molecule has 1 nitrogen and oxygen atoms in total. The summed E-state index contributed by atoms with van der Waals surface area (Å²) < 4.78 is 1.04. The van der Waals surface area contributed by atoms with Gasteiger partial charge in [0.1, 0.15) is 4.32 Å². The van der Waals surface area contributed by atoms with Crippen LogP contribution < -0.4 is 0 Å². The van der Waals surface area contributed by atoms with E-state index in [9.17, 15) is 0 Å². The predicted molar refractivity (Wildman–Crippen MR) is 116 cm³/mol. The van der Waals surface area contributed by atoms with Gasteiger partial charge in [0.25, 0.3) is 0 Å². The number of rotatable bonds is 4. The highest BCUT2D eigenvalue weighted by Crippen LogP contribution is 2.50. The van der Waals surface area contributed by atoms with Crippen LogP contribution >= 0.6 is 24.0 Å². The maximum absolute atomic E-state index is 5.86. The van der Waals surface area contributed by atoms with Crippen LogP contribution in [0.5, 0.6) is 0 Å². The molecule has 3 heteroatoms. The van der Waals surface area contributed by atoms with Crippen LogP contribution in [0.2, 0.25) is 0 Å². The largest absolute Gasteiger partial charge is 0.331 e. The van der Waals surface area contributed by atoms with E-state index in [4.69, 9.17) is 12.2 Å². The Bertz CT molecular complexity index is 795. The quantitative estimate of drug-likeness (QED) is 0.574. The molecule has 2 aromatic rings. The second-order valence-corrected chi connectivity index (χ2v) is 9.04. The van der Waals surface area contributed by atoms with Crippen molar-refractivity contribution in [1.82, 2.24) is 4.90 Å².